The van der Waals surface area contributed by atoms with Crippen molar-refractivity contribution in [2.75, 3.05) is 13.7 Å². The third-order valence-corrected chi connectivity index (χ3v) is 9.75. The molecular weight excluding hydrogens is 498 g/mol. The van der Waals surface area contributed by atoms with Gasteiger partial charge < -0.3 is 25.2 Å². The maximum absolute atomic E-state index is 13.6. The van der Waals surface area contributed by atoms with E-state index in [4.69, 9.17) is 9.47 Å². The molecule has 5 rings (SSSR count). The Kier molecular flexibility index (Phi) is 7.75. The van der Waals surface area contributed by atoms with E-state index in [-0.39, 0.29) is 69.9 Å². The van der Waals surface area contributed by atoms with Crippen LogP contribution in [0.2, 0.25) is 0 Å². The summed E-state index contributed by atoms with van der Waals surface area (Å²) in [7, 11) is 1.45. The molecule has 4 saturated carbocycles. The number of benzene rings is 1. The first-order valence-electron chi connectivity index (χ1n) is 14.3. The van der Waals surface area contributed by atoms with Gasteiger partial charge in [0.15, 0.2) is 0 Å². The lowest BCUT2D eigenvalue weighted by Gasteiger charge is -2.39. The molecule has 4 aliphatic rings. The number of hydrogen-bond acceptors (Lipinski definition) is 6. The third-order valence-electron chi connectivity index (χ3n) is 9.75. The molecule has 9 nitrogen and oxygen atoms in total. The van der Waals surface area contributed by atoms with E-state index in [2.05, 4.69) is 23.6 Å². The number of fused-ring (bicyclic) bond motifs is 2. The van der Waals surface area contributed by atoms with Crippen molar-refractivity contribution in [3.8, 4) is 17.6 Å². The van der Waals surface area contributed by atoms with Crippen molar-refractivity contribution in [2.24, 2.45) is 29.1 Å². The van der Waals surface area contributed by atoms with E-state index in [9.17, 15) is 24.8 Å². The largest absolute Gasteiger partial charge is 0.496 e. The predicted molar refractivity (Wildman–Crippen MR) is 142 cm³/mol. The highest BCUT2D eigenvalue weighted by molar-refractivity contribution is 5.98. The molecule has 210 valence electrons. The predicted octanol–water partition coefficient (Wildman–Crippen LogP) is 4.04. The topological polar surface area (TPSA) is 138 Å². The van der Waals surface area contributed by atoms with Crippen molar-refractivity contribution in [2.45, 2.75) is 83.3 Å². The van der Waals surface area contributed by atoms with E-state index in [1.807, 2.05) is 0 Å². The fourth-order valence-corrected chi connectivity index (χ4v) is 7.18. The monoisotopic (exact) mass is 537 g/mol. The zero-order chi connectivity index (χ0) is 27.7. The Bertz CT molecular complexity index is 1160. The van der Waals surface area contributed by atoms with Gasteiger partial charge in [-0.3, -0.25) is 14.4 Å². The van der Waals surface area contributed by atoms with Crippen LogP contribution in [-0.2, 0) is 9.59 Å². The van der Waals surface area contributed by atoms with E-state index in [0.29, 0.717) is 38.0 Å². The Morgan fingerprint density at radius 2 is 1.79 bits per heavy atom. The van der Waals surface area contributed by atoms with Crippen LogP contribution in [0.5, 0.6) is 11.5 Å². The van der Waals surface area contributed by atoms with Crippen LogP contribution in [0.25, 0.3) is 0 Å². The van der Waals surface area contributed by atoms with Crippen LogP contribution in [0.4, 0.5) is 0 Å². The molecule has 9 heteroatoms. The number of carboxylic acid groups (broad SMARTS) is 1. The molecule has 1 aromatic rings. The van der Waals surface area contributed by atoms with Gasteiger partial charge in [-0.25, -0.2) is 0 Å². The second-order valence-corrected chi connectivity index (χ2v) is 12.3. The van der Waals surface area contributed by atoms with Crippen molar-refractivity contribution in [3.05, 3.63) is 23.3 Å². The molecule has 0 saturated heterocycles. The number of carbonyl (C=O) groups excluding carboxylic acids is 2. The Morgan fingerprint density at radius 1 is 1.08 bits per heavy atom. The molecule has 2 bridgehead atoms. The molecule has 0 unspecified atom stereocenters. The molecule has 4 atom stereocenters. The van der Waals surface area contributed by atoms with Gasteiger partial charge in [0.25, 0.3) is 5.91 Å². The molecule has 0 spiro atoms. The lowest BCUT2D eigenvalue weighted by molar-refractivity contribution is -0.143. The van der Waals surface area contributed by atoms with Crippen molar-refractivity contribution >= 4 is 17.8 Å². The quantitative estimate of drug-likeness (QED) is 0.432. The number of carbonyl (C=O) groups is 3. The van der Waals surface area contributed by atoms with Crippen molar-refractivity contribution < 1.29 is 29.0 Å². The molecule has 0 heterocycles. The Hall–Kier alpha value is -3.28. The molecular formula is C30H39N3O6. The van der Waals surface area contributed by atoms with Crippen LogP contribution in [0.15, 0.2) is 12.1 Å². The van der Waals surface area contributed by atoms with Gasteiger partial charge in [0.2, 0.25) is 5.91 Å². The van der Waals surface area contributed by atoms with Crippen LogP contribution in [-0.4, -0.2) is 48.7 Å². The van der Waals surface area contributed by atoms with Gasteiger partial charge in [0.1, 0.15) is 17.6 Å². The van der Waals surface area contributed by atoms with E-state index in [1.54, 1.807) is 6.07 Å². The standard InChI is InChI=1S/C30H39N3O6/c1-30(10-3-11-30)16-32-28(35)25-18-4-5-19(12-18)26(25)33-27(34)22-14-23(20(15-31)13-24(22)38-2)39-21-8-6-17(7-9-21)29(36)37/h13-14,17-19,21,25-26H,3-12,16H2,1-2H3,(H,32,35)(H,33,34)(H,36,37)/t17-,18-,19+,21-,25+,26-/m1/s1. The zero-order valence-electron chi connectivity index (χ0n) is 22.8. The summed E-state index contributed by atoms with van der Waals surface area (Å²) in [5, 5.41) is 25.4. The number of rotatable bonds is 9. The Balaban J connectivity index is 1.31. The lowest BCUT2D eigenvalue weighted by Crippen LogP contribution is -2.51. The van der Waals surface area contributed by atoms with Gasteiger partial charge in [0.05, 0.1) is 36.2 Å². The number of aliphatic carboxylic acids is 1. The smallest absolute Gasteiger partial charge is 0.306 e. The fraction of sp³-hybridized carbons (Fsp3) is 0.667. The molecule has 2 amide bonds. The normalized spacial score (nSPS) is 30.5. The number of nitrogens with zero attached hydrogens (tertiary/aromatic N) is 1. The summed E-state index contributed by atoms with van der Waals surface area (Å²) in [5.74, 6) is -0.631. The van der Waals surface area contributed by atoms with E-state index in [1.165, 1.54) is 19.6 Å². The number of ether oxygens (including phenoxy) is 2. The Morgan fingerprint density at radius 3 is 2.41 bits per heavy atom. The van der Waals surface area contributed by atoms with E-state index >= 15 is 0 Å². The van der Waals surface area contributed by atoms with Gasteiger partial charge in [-0.15, -0.1) is 0 Å². The number of carboxylic acids is 1. The molecule has 0 radical (unpaired) electrons. The van der Waals surface area contributed by atoms with Gasteiger partial charge >= 0.3 is 5.97 Å². The molecule has 39 heavy (non-hydrogen) atoms. The summed E-state index contributed by atoms with van der Waals surface area (Å²) in [6.45, 7) is 2.89. The summed E-state index contributed by atoms with van der Waals surface area (Å²) >= 11 is 0. The minimum Gasteiger partial charge on any atom is -0.496 e. The average Bonchev–Trinajstić information content (AvgIpc) is 3.52. The number of methoxy groups -OCH3 is 1. The van der Waals surface area contributed by atoms with Crippen molar-refractivity contribution in [1.29, 1.82) is 5.26 Å². The second kappa shape index (κ2) is 11.1. The second-order valence-electron chi connectivity index (χ2n) is 12.3. The third kappa shape index (κ3) is 5.57. The zero-order valence-corrected chi connectivity index (χ0v) is 22.8. The lowest BCUT2D eigenvalue weighted by atomic mass is 9.70. The van der Waals surface area contributed by atoms with Crippen LogP contribution < -0.4 is 20.1 Å². The van der Waals surface area contributed by atoms with Crippen LogP contribution >= 0.6 is 0 Å². The number of hydrogen-bond donors (Lipinski definition) is 3. The molecule has 1 aromatic carbocycles. The van der Waals surface area contributed by atoms with E-state index in [0.717, 1.165) is 32.1 Å². The molecule has 0 aliphatic heterocycles. The highest BCUT2D eigenvalue weighted by atomic mass is 16.5. The number of amides is 2. The summed E-state index contributed by atoms with van der Waals surface area (Å²) < 4.78 is 11.6. The summed E-state index contributed by atoms with van der Waals surface area (Å²) in [6, 6.07) is 4.94. The molecule has 4 fully saturated rings. The fourth-order valence-electron chi connectivity index (χ4n) is 7.18. The van der Waals surface area contributed by atoms with Gasteiger partial charge in [-0.05, 0) is 81.1 Å². The highest BCUT2D eigenvalue weighted by Crippen LogP contribution is 2.49. The minimum absolute atomic E-state index is 0.0356. The highest BCUT2D eigenvalue weighted by Gasteiger charge is 2.51. The number of nitriles is 1. The summed E-state index contributed by atoms with van der Waals surface area (Å²) in [6.07, 6.45) is 8.35. The van der Waals surface area contributed by atoms with Gasteiger partial charge in [0, 0.05) is 18.7 Å². The maximum atomic E-state index is 13.6. The maximum Gasteiger partial charge on any atom is 0.306 e. The van der Waals surface area contributed by atoms with Crippen molar-refractivity contribution in [1.82, 2.24) is 10.6 Å². The van der Waals surface area contributed by atoms with Crippen LogP contribution in [0, 0.1) is 40.4 Å². The van der Waals surface area contributed by atoms with Crippen LogP contribution in [0.1, 0.15) is 87.1 Å². The first-order valence-corrected chi connectivity index (χ1v) is 14.3. The van der Waals surface area contributed by atoms with Gasteiger partial charge in [-0.1, -0.05) is 13.3 Å². The van der Waals surface area contributed by atoms with E-state index < -0.39 is 5.97 Å². The average molecular weight is 538 g/mol. The summed E-state index contributed by atoms with van der Waals surface area (Å²) in [5.41, 5.74) is 0.700. The van der Waals surface area contributed by atoms with Crippen LogP contribution in [0.3, 0.4) is 0 Å². The van der Waals surface area contributed by atoms with Crippen molar-refractivity contribution in [3.63, 3.8) is 0 Å². The first-order chi connectivity index (χ1) is 18.7. The Labute approximate surface area is 229 Å². The molecule has 4 aliphatic carbocycles. The molecule has 3 N–H and O–H groups in total. The van der Waals surface area contributed by atoms with Gasteiger partial charge in [-0.2, -0.15) is 5.26 Å². The minimum atomic E-state index is -0.792. The first kappa shape index (κ1) is 27.3. The molecule has 0 aromatic heterocycles. The summed E-state index contributed by atoms with van der Waals surface area (Å²) in [4.78, 5) is 38.2. The number of nitrogens with one attached hydrogen (secondary N) is 2. The SMILES string of the molecule is COc1cc(C#N)c(O[C@H]2CC[C@H](C(=O)O)CC2)cc1C(=O)N[C@@H]1[C@H]2CC[C@H](C2)[C@@H]1C(=O)NCC1(C)CCC1.